The number of carbonyl (C=O) groups excluding carboxylic acids is 1. The first kappa shape index (κ1) is 19.7. The molecule has 0 unspecified atom stereocenters. The Morgan fingerprint density at radius 1 is 1.16 bits per heavy atom. The lowest BCUT2D eigenvalue weighted by Crippen LogP contribution is -2.58. The Hall–Kier alpha value is -3.20. The largest absolute Gasteiger partial charge is 0.370 e. The second-order valence-electron chi connectivity index (χ2n) is 8.88. The van der Waals surface area contributed by atoms with Crippen molar-refractivity contribution in [2.24, 2.45) is 5.41 Å². The number of amides is 1. The number of hydrogen-bond donors (Lipinski definition) is 2. The Morgan fingerprint density at radius 2 is 1.94 bits per heavy atom. The van der Waals surface area contributed by atoms with E-state index in [1.807, 2.05) is 25.3 Å². The van der Waals surface area contributed by atoms with Crippen molar-refractivity contribution in [1.82, 2.24) is 29.8 Å². The number of hydrogen-bond acceptors (Lipinski definition) is 7. The molecule has 1 spiro atoms. The van der Waals surface area contributed by atoms with Crippen molar-refractivity contribution in [3.63, 3.8) is 0 Å². The molecule has 0 aliphatic carbocycles. The summed E-state index contributed by atoms with van der Waals surface area (Å²) in [6, 6.07) is 5.87. The van der Waals surface area contributed by atoms with Crippen LogP contribution in [0.5, 0.6) is 0 Å². The first-order valence-electron chi connectivity index (χ1n) is 10.7. The summed E-state index contributed by atoms with van der Waals surface area (Å²) in [5.74, 6) is 1.08. The van der Waals surface area contributed by atoms with E-state index in [1.54, 1.807) is 29.7 Å². The van der Waals surface area contributed by atoms with Gasteiger partial charge in [-0.1, -0.05) is 0 Å². The molecule has 0 atom stereocenters. The van der Waals surface area contributed by atoms with Crippen LogP contribution in [0.4, 0.5) is 17.5 Å². The van der Waals surface area contributed by atoms with Crippen LogP contribution in [-0.2, 0) is 0 Å². The third-order valence-electron chi connectivity index (χ3n) is 6.57. The summed E-state index contributed by atoms with van der Waals surface area (Å²) in [6.45, 7) is 6.37. The highest BCUT2D eigenvalue weighted by Crippen LogP contribution is 2.36. The van der Waals surface area contributed by atoms with Crippen molar-refractivity contribution < 1.29 is 4.79 Å². The minimum absolute atomic E-state index is 0.0491. The maximum absolute atomic E-state index is 12.4. The molecule has 2 N–H and O–H groups in total. The molecule has 1 amide bonds. The van der Waals surface area contributed by atoms with Crippen LogP contribution in [0.15, 0.2) is 30.6 Å². The minimum atomic E-state index is -0.0491. The molecule has 5 heterocycles. The molecule has 3 aromatic heterocycles. The van der Waals surface area contributed by atoms with Gasteiger partial charge in [-0.3, -0.25) is 4.79 Å². The van der Waals surface area contributed by atoms with Gasteiger partial charge in [0, 0.05) is 40.3 Å². The third-order valence-corrected chi connectivity index (χ3v) is 6.57. The van der Waals surface area contributed by atoms with Crippen LogP contribution >= 0.6 is 0 Å². The summed E-state index contributed by atoms with van der Waals surface area (Å²) in [5, 5.41) is 11.1. The van der Waals surface area contributed by atoms with Gasteiger partial charge in [-0.05, 0) is 43.4 Å². The second-order valence-corrected chi connectivity index (χ2v) is 8.88. The molecule has 0 aromatic carbocycles. The fourth-order valence-corrected chi connectivity index (χ4v) is 4.44. The average molecular weight is 421 g/mol. The quantitative estimate of drug-likeness (QED) is 0.668. The summed E-state index contributed by atoms with van der Waals surface area (Å²) in [5.41, 5.74) is 3.87. The van der Waals surface area contributed by atoms with Crippen molar-refractivity contribution in [2.75, 3.05) is 50.5 Å². The van der Waals surface area contributed by atoms with Gasteiger partial charge in [0.25, 0.3) is 5.91 Å². The number of nitrogens with one attached hydrogen (secondary N) is 2. The van der Waals surface area contributed by atoms with Crippen LogP contribution in [0.25, 0.3) is 5.52 Å². The lowest BCUT2D eigenvalue weighted by molar-refractivity contribution is 0.0827. The van der Waals surface area contributed by atoms with Crippen molar-refractivity contribution in [3.05, 3.63) is 41.9 Å². The van der Waals surface area contributed by atoms with Crippen molar-refractivity contribution in [3.8, 4) is 0 Å². The number of rotatable bonds is 4. The molecule has 0 bridgehead atoms. The fraction of sp³-hybridized carbons (Fsp3) is 0.455. The van der Waals surface area contributed by atoms with Gasteiger partial charge in [0.1, 0.15) is 5.82 Å². The highest BCUT2D eigenvalue weighted by molar-refractivity contribution is 5.96. The molecule has 0 radical (unpaired) electrons. The lowest BCUT2D eigenvalue weighted by Gasteiger charge is -2.48. The zero-order chi connectivity index (χ0) is 21.6. The van der Waals surface area contributed by atoms with E-state index in [0.717, 1.165) is 43.1 Å². The first-order chi connectivity index (χ1) is 14.9. The van der Waals surface area contributed by atoms with Gasteiger partial charge in [0.2, 0.25) is 5.95 Å². The van der Waals surface area contributed by atoms with E-state index >= 15 is 0 Å². The van der Waals surface area contributed by atoms with E-state index in [4.69, 9.17) is 0 Å². The van der Waals surface area contributed by atoms with E-state index in [1.165, 1.54) is 12.8 Å². The topological polar surface area (TPSA) is 90.7 Å². The van der Waals surface area contributed by atoms with Gasteiger partial charge in [0.15, 0.2) is 0 Å². The van der Waals surface area contributed by atoms with Crippen LogP contribution in [0.1, 0.15) is 28.9 Å². The molecular weight excluding hydrogens is 392 g/mol. The van der Waals surface area contributed by atoms with Gasteiger partial charge in [-0.25, -0.2) is 14.5 Å². The molecular formula is C22H28N8O. The highest BCUT2D eigenvalue weighted by atomic mass is 16.2. The summed E-state index contributed by atoms with van der Waals surface area (Å²) < 4.78 is 1.74. The molecule has 0 saturated carbocycles. The van der Waals surface area contributed by atoms with E-state index in [0.29, 0.717) is 22.7 Å². The summed E-state index contributed by atoms with van der Waals surface area (Å²) in [4.78, 5) is 25.3. The highest BCUT2D eigenvalue weighted by Gasteiger charge is 2.39. The van der Waals surface area contributed by atoms with Gasteiger partial charge in [0.05, 0.1) is 34.9 Å². The van der Waals surface area contributed by atoms with Crippen molar-refractivity contribution in [2.45, 2.75) is 19.8 Å². The maximum Gasteiger partial charge on any atom is 0.255 e. The van der Waals surface area contributed by atoms with Crippen LogP contribution in [0.2, 0.25) is 0 Å². The number of piperidine rings is 1. The number of aromatic nitrogens is 4. The second kappa shape index (κ2) is 7.49. The standard InChI is InChI=1S/C22H28N8O/c1-15-18(20(31)28(2)3)10-17-12-25-21(27-30(15)17)26-19-5-4-16(11-24-19)29-8-6-22(7-9-29)13-23-14-22/h4-5,10-12,23H,6-9,13-14H2,1-3H3,(H,24,26,27). The van der Waals surface area contributed by atoms with Crippen molar-refractivity contribution in [1.29, 1.82) is 0 Å². The minimum Gasteiger partial charge on any atom is -0.370 e. The summed E-state index contributed by atoms with van der Waals surface area (Å²) in [7, 11) is 3.48. The average Bonchev–Trinajstić information content (AvgIpc) is 3.09. The molecule has 2 aliphatic heterocycles. The molecule has 2 aliphatic rings. The van der Waals surface area contributed by atoms with E-state index < -0.39 is 0 Å². The Kier molecular flexibility index (Phi) is 4.77. The van der Waals surface area contributed by atoms with Gasteiger partial charge >= 0.3 is 0 Å². The molecule has 5 rings (SSSR count). The Bertz CT molecular complexity index is 1110. The Balaban J connectivity index is 1.29. The molecule has 2 fully saturated rings. The first-order valence-corrected chi connectivity index (χ1v) is 10.7. The van der Waals surface area contributed by atoms with Crippen LogP contribution in [0, 0.1) is 12.3 Å². The van der Waals surface area contributed by atoms with E-state index in [2.05, 4.69) is 36.7 Å². The molecule has 9 heteroatoms. The monoisotopic (exact) mass is 420 g/mol. The van der Waals surface area contributed by atoms with Crippen LogP contribution in [0.3, 0.4) is 0 Å². The fourth-order valence-electron chi connectivity index (χ4n) is 4.44. The van der Waals surface area contributed by atoms with Gasteiger partial charge < -0.3 is 20.4 Å². The van der Waals surface area contributed by atoms with Crippen LogP contribution in [-0.4, -0.2) is 70.7 Å². The molecule has 2 saturated heterocycles. The van der Waals surface area contributed by atoms with Gasteiger partial charge in [-0.2, -0.15) is 0 Å². The molecule has 9 nitrogen and oxygen atoms in total. The number of fused-ring (bicyclic) bond motifs is 1. The normalized spacial score (nSPS) is 17.6. The number of anilines is 3. The SMILES string of the molecule is Cc1c(C(=O)N(C)C)cc2cnc(Nc3ccc(N4CCC5(CC4)CNC5)cn3)nn12. The van der Waals surface area contributed by atoms with E-state index in [9.17, 15) is 4.79 Å². The van der Waals surface area contributed by atoms with Crippen LogP contribution < -0.4 is 15.5 Å². The number of nitrogens with zero attached hydrogens (tertiary/aromatic N) is 6. The number of pyridine rings is 1. The number of carbonyl (C=O) groups is 1. The molecule has 3 aromatic rings. The Labute approximate surface area is 181 Å². The molecule has 31 heavy (non-hydrogen) atoms. The number of aryl methyl sites for hydroxylation is 1. The lowest BCUT2D eigenvalue weighted by atomic mass is 9.73. The van der Waals surface area contributed by atoms with Crippen molar-refractivity contribution >= 4 is 28.9 Å². The summed E-state index contributed by atoms with van der Waals surface area (Å²) >= 11 is 0. The summed E-state index contributed by atoms with van der Waals surface area (Å²) in [6.07, 6.45) is 6.10. The predicted octanol–water partition coefficient (Wildman–Crippen LogP) is 2.07. The maximum atomic E-state index is 12.4. The van der Waals surface area contributed by atoms with Gasteiger partial charge in [-0.15, -0.1) is 5.10 Å². The predicted molar refractivity (Wildman–Crippen MR) is 120 cm³/mol. The Morgan fingerprint density at radius 3 is 2.55 bits per heavy atom. The zero-order valence-electron chi connectivity index (χ0n) is 18.2. The smallest absolute Gasteiger partial charge is 0.255 e. The molecule has 162 valence electrons. The van der Waals surface area contributed by atoms with E-state index in [-0.39, 0.29) is 5.91 Å². The third kappa shape index (κ3) is 3.59. The zero-order valence-corrected chi connectivity index (χ0v) is 18.2.